The summed E-state index contributed by atoms with van der Waals surface area (Å²) in [5, 5.41) is -3.20. The second-order valence-electron chi connectivity index (χ2n) is 14.9. The number of carbonyl (C=O) groups excluding carboxylic acids is 2. The molecule has 3 unspecified atom stereocenters. The van der Waals surface area contributed by atoms with Crippen LogP contribution in [0.15, 0.2) is 107 Å². The van der Waals surface area contributed by atoms with Gasteiger partial charge in [-0.25, -0.2) is 26.0 Å². The van der Waals surface area contributed by atoms with Gasteiger partial charge in [-0.3, -0.25) is 33.7 Å². The van der Waals surface area contributed by atoms with E-state index in [2.05, 4.69) is 19.9 Å². The average molecular weight is 983 g/mol. The van der Waals surface area contributed by atoms with Crippen molar-refractivity contribution in [3.05, 3.63) is 177 Å². The summed E-state index contributed by atoms with van der Waals surface area (Å²) in [6.45, 7) is 3.03. The largest absolute Gasteiger partial charge is 0.433 e. The number of hydrogen-bond acceptors (Lipinski definition) is 9. The lowest BCUT2D eigenvalue weighted by Crippen LogP contribution is -2.24. The van der Waals surface area contributed by atoms with E-state index in [9.17, 15) is 66.1 Å². The number of aromatic nitrogens is 4. The molecule has 0 aliphatic rings. The van der Waals surface area contributed by atoms with Crippen molar-refractivity contribution in [2.24, 2.45) is 0 Å². The minimum Gasteiger partial charge on any atom is -0.343 e. The van der Waals surface area contributed by atoms with Crippen LogP contribution in [0.4, 0.5) is 43.9 Å². The maximum atomic E-state index is 14.7. The van der Waals surface area contributed by atoms with Crippen molar-refractivity contribution in [2.75, 3.05) is 28.2 Å². The van der Waals surface area contributed by atoms with Gasteiger partial charge in [0, 0.05) is 64.1 Å². The van der Waals surface area contributed by atoms with Gasteiger partial charge in [0.25, 0.3) is 11.8 Å². The lowest BCUT2D eigenvalue weighted by atomic mass is 10.0. The number of halogens is 10. The molecule has 354 valence electrons. The Bertz CT molecular complexity index is 2950. The lowest BCUT2D eigenvalue weighted by molar-refractivity contribution is -0.142. The molecule has 0 N–H and O–H groups in total. The first-order valence-corrected chi connectivity index (χ1v) is 21.9. The molecule has 0 aliphatic heterocycles. The van der Waals surface area contributed by atoms with Crippen molar-refractivity contribution < 1.29 is 66.1 Å². The van der Waals surface area contributed by atoms with E-state index in [1.54, 1.807) is 6.92 Å². The van der Waals surface area contributed by atoms with Crippen LogP contribution in [-0.2, 0) is 33.0 Å². The highest BCUT2D eigenvalue weighted by molar-refractivity contribution is 7.92. The van der Waals surface area contributed by atoms with Gasteiger partial charge >= 0.3 is 12.4 Å². The molecule has 67 heavy (non-hydrogen) atoms. The third kappa shape index (κ3) is 11.7. The molecule has 0 saturated carbocycles. The Balaban J connectivity index is 0.000000251. The molecule has 4 heterocycles. The van der Waals surface area contributed by atoms with Crippen molar-refractivity contribution in [1.82, 2.24) is 29.7 Å². The van der Waals surface area contributed by atoms with Crippen molar-refractivity contribution in [1.29, 1.82) is 0 Å². The Morgan fingerprint density at radius 1 is 0.567 bits per heavy atom. The van der Waals surface area contributed by atoms with Gasteiger partial charge in [-0.1, -0.05) is 0 Å². The number of amides is 2. The second kappa shape index (κ2) is 20.1. The highest BCUT2D eigenvalue weighted by Gasteiger charge is 2.38. The summed E-state index contributed by atoms with van der Waals surface area (Å²) in [5.41, 5.74) is -2.51. The normalized spacial score (nSPS) is 13.2. The summed E-state index contributed by atoms with van der Waals surface area (Å²) in [6, 6.07) is 10.4. The molecule has 0 spiro atoms. The number of rotatable bonds is 10. The van der Waals surface area contributed by atoms with Gasteiger partial charge in [-0.2, -0.15) is 26.3 Å². The molecule has 0 bridgehead atoms. The highest BCUT2D eigenvalue weighted by atomic mass is 32.2. The van der Waals surface area contributed by atoms with Gasteiger partial charge in [0.2, 0.25) is 0 Å². The predicted molar refractivity (Wildman–Crippen MR) is 222 cm³/mol. The van der Waals surface area contributed by atoms with Crippen LogP contribution < -0.4 is 0 Å². The van der Waals surface area contributed by atoms with Crippen molar-refractivity contribution in [2.45, 2.75) is 46.5 Å². The van der Waals surface area contributed by atoms with Crippen molar-refractivity contribution >= 4 is 32.5 Å². The summed E-state index contributed by atoms with van der Waals surface area (Å²) in [4.78, 5) is 40.7. The zero-order valence-electron chi connectivity index (χ0n) is 35.7. The fraction of sp³-hybridized carbons (Fsp3) is 0.227. The van der Waals surface area contributed by atoms with Crippen LogP contribution in [0.5, 0.6) is 0 Å². The summed E-state index contributed by atoms with van der Waals surface area (Å²) in [6.07, 6.45) is -5.91. The maximum Gasteiger partial charge on any atom is 0.433 e. The fourth-order valence-corrected chi connectivity index (χ4v) is 9.71. The minimum atomic E-state index is -4.80. The van der Waals surface area contributed by atoms with E-state index in [1.807, 2.05) is 0 Å². The molecular formula is C44H36F10N6O5S2. The van der Waals surface area contributed by atoms with E-state index >= 15 is 0 Å². The maximum absolute atomic E-state index is 14.7. The Hall–Kier alpha value is -6.62. The average Bonchev–Trinajstić information content (AvgIpc) is 3.26. The lowest BCUT2D eigenvalue weighted by Gasteiger charge is -2.22. The SMILES string of the molecule is Cc1cc(C(=O)N(C)C)ncc1C(c1cc(F)ccc1F)S(=O)(=O)c1ccc(C(F)(F)F)nc1.Cc1cc(C(=O)N(C)C)ncc1C(c1cc(F)ccc1F)S(=O)c1ccc(C(F)(F)F)nc1. The van der Waals surface area contributed by atoms with E-state index < -0.39 is 100 Å². The molecule has 23 heteroatoms. The topological polar surface area (TPSA) is 143 Å². The molecule has 6 rings (SSSR count). The number of aryl methyl sites for hydroxylation is 2. The highest BCUT2D eigenvalue weighted by Crippen LogP contribution is 2.40. The molecule has 0 saturated heterocycles. The monoisotopic (exact) mass is 982 g/mol. The Morgan fingerprint density at radius 2 is 1.01 bits per heavy atom. The standard InChI is InChI=1S/C22H18F5N3O3S.C22H18F5N3O2S/c1-12-8-18(21(31)30(2)3)28-11-16(12)20(15-9-13(23)4-6-17(15)24)34(32,33)14-5-7-19(29-10-14)22(25,26)27;1-12-8-18(21(31)30(2)3)28-11-16(12)20(15-9-13(23)4-6-17(15)24)33(32)14-5-7-19(29-10-14)22(25,26)27/h4-11,20H,1-3H3;4-11,20H,1-3H3. The molecule has 0 fully saturated rings. The summed E-state index contributed by atoms with van der Waals surface area (Å²) < 4.78 is 175. The van der Waals surface area contributed by atoms with Gasteiger partial charge in [0.05, 0.1) is 25.8 Å². The van der Waals surface area contributed by atoms with Crippen LogP contribution in [-0.4, -0.2) is 82.4 Å². The number of benzene rings is 2. The van der Waals surface area contributed by atoms with Crippen LogP contribution >= 0.6 is 0 Å². The third-order valence-electron chi connectivity index (χ3n) is 9.74. The summed E-state index contributed by atoms with van der Waals surface area (Å²) in [7, 11) is -0.800. The first-order valence-electron chi connectivity index (χ1n) is 19.1. The Morgan fingerprint density at radius 3 is 1.43 bits per heavy atom. The van der Waals surface area contributed by atoms with Gasteiger partial charge < -0.3 is 9.80 Å². The fourth-order valence-electron chi connectivity index (χ4n) is 6.36. The van der Waals surface area contributed by atoms with Gasteiger partial charge in [0.15, 0.2) is 9.84 Å². The van der Waals surface area contributed by atoms with Crippen LogP contribution in [0.25, 0.3) is 0 Å². The number of sulfone groups is 1. The third-order valence-corrected chi connectivity index (χ3v) is 13.4. The first kappa shape index (κ1) is 51.4. The van der Waals surface area contributed by atoms with Crippen molar-refractivity contribution in [3.8, 4) is 0 Å². The predicted octanol–water partition coefficient (Wildman–Crippen LogP) is 9.03. The van der Waals surface area contributed by atoms with Crippen LogP contribution in [0.1, 0.15) is 76.2 Å². The van der Waals surface area contributed by atoms with E-state index in [1.165, 1.54) is 63.2 Å². The number of pyridine rings is 4. The zero-order valence-corrected chi connectivity index (χ0v) is 37.3. The number of carbonyl (C=O) groups is 2. The smallest absolute Gasteiger partial charge is 0.343 e. The molecule has 0 aliphatic carbocycles. The molecule has 4 aromatic heterocycles. The Kier molecular flexibility index (Phi) is 15.4. The van der Waals surface area contributed by atoms with E-state index in [-0.39, 0.29) is 38.5 Å². The molecule has 3 atom stereocenters. The molecule has 2 amide bonds. The quantitative estimate of drug-likeness (QED) is 0.123. The summed E-state index contributed by atoms with van der Waals surface area (Å²) in [5.74, 6) is -4.49. The van der Waals surface area contributed by atoms with E-state index in [0.717, 1.165) is 48.8 Å². The molecular weight excluding hydrogens is 947 g/mol. The number of hydrogen-bond donors (Lipinski definition) is 0. The molecule has 2 aromatic carbocycles. The second-order valence-corrected chi connectivity index (χ2v) is 18.5. The van der Waals surface area contributed by atoms with Gasteiger partial charge in [-0.05, 0) is 109 Å². The van der Waals surface area contributed by atoms with Crippen LogP contribution in [0, 0.1) is 37.1 Å². The Labute approximate surface area is 378 Å². The first-order chi connectivity index (χ1) is 31.1. The molecule has 0 radical (unpaired) electrons. The van der Waals surface area contributed by atoms with E-state index in [4.69, 9.17) is 0 Å². The van der Waals surface area contributed by atoms with Crippen LogP contribution in [0.2, 0.25) is 0 Å². The molecule has 6 aromatic rings. The molecule has 11 nitrogen and oxygen atoms in total. The number of alkyl halides is 6. The minimum absolute atomic E-state index is 0.0155. The van der Waals surface area contributed by atoms with Crippen LogP contribution in [0.3, 0.4) is 0 Å². The van der Waals surface area contributed by atoms with Gasteiger partial charge in [0.1, 0.15) is 51.3 Å². The van der Waals surface area contributed by atoms with Gasteiger partial charge in [-0.15, -0.1) is 0 Å². The number of nitrogens with zero attached hydrogens (tertiary/aromatic N) is 6. The van der Waals surface area contributed by atoms with E-state index in [0.29, 0.717) is 36.0 Å². The summed E-state index contributed by atoms with van der Waals surface area (Å²) >= 11 is 0. The van der Waals surface area contributed by atoms with Crippen molar-refractivity contribution in [3.63, 3.8) is 0 Å². The zero-order chi connectivity index (χ0) is 49.9.